The molecule has 0 aliphatic rings. The quantitative estimate of drug-likeness (QED) is 0.0660. The van der Waals surface area contributed by atoms with Crippen LogP contribution in [0.2, 0.25) is 0 Å². The molecule has 0 saturated carbocycles. The van der Waals surface area contributed by atoms with Crippen molar-refractivity contribution in [2.75, 3.05) is 5.75 Å². The summed E-state index contributed by atoms with van der Waals surface area (Å²) in [5.74, 6) is 0.136. The summed E-state index contributed by atoms with van der Waals surface area (Å²) in [5.41, 5.74) is -30.2. The summed E-state index contributed by atoms with van der Waals surface area (Å²) in [6.07, 6.45) is -53.4. The normalized spacial score (nSPS) is 13.2. The first kappa shape index (κ1) is 61.4. The van der Waals surface area contributed by atoms with Gasteiger partial charge in [-0.3, -0.25) is 0 Å². The van der Waals surface area contributed by atoms with Gasteiger partial charge in [0.2, 0.25) is 0 Å². The Morgan fingerprint density at radius 3 is 0.718 bits per heavy atom. The van der Waals surface area contributed by atoms with Crippen LogP contribution in [0.3, 0.4) is 0 Å². The fourth-order valence-corrected chi connectivity index (χ4v) is 10.2. The lowest BCUT2D eigenvalue weighted by Crippen LogP contribution is -2.75. The second kappa shape index (κ2) is 21.4. The highest BCUT2D eigenvalue weighted by atomic mass is 32.2. The van der Waals surface area contributed by atoms with Gasteiger partial charge in [-0.1, -0.05) is 89.1 Å². The van der Waals surface area contributed by atoms with Crippen LogP contribution in [0.5, 0.6) is 0 Å². The Labute approximate surface area is 424 Å². The summed E-state index contributed by atoms with van der Waals surface area (Å²) in [6, 6.07) is 13.1. The molecule has 0 heterocycles. The van der Waals surface area contributed by atoms with E-state index in [4.69, 9.17) is 10.5 Å². The molecule has 6 aromatic carbocycles. The standard InChI is InChI=1S/C32H12BF24.C17H13N2OS/c34-25(35,36)13-1-14(26(37,38)39)6-21(5-13)33(22-7-15(27(40,41)42)2-16(8-22)28(43,44)45,23-9-17(29(46,47)48)3-18(10-23)30(49,50)51)24-11-19(31(52,53)54)4-20(12-24)32(55,56)57;18-13-15(14-19)11-12-21(20,16-7-3-1-4-8-16)17-9-5-2-6-10-17/h1-12H;1-11H,12H2/q-1;+1. The van der Waals surface area contributed by atoms with Gasteiger partial charge in [0.1, 0.15) is 29.6 Å². The molecular weight excluding hydrogens is 1130 g/mol. The van der Waals surface area contributed by atoms with E-state index in [1.165, 1.54) is 6.08 Å². The minimum Gasteiger partial charge on any atom is -0.194 e. The lowest BCUT2D eigenvalue weighted by Gasteiger charge is -2.46. The number of hydrogen-bond donors (Lipinski definition) is 0. The molecule has 0 aromatic heterocycles. The van der Waals surface area contributed by atoms with Gasteiger partial charge in [-0.15, -0.1) is 0 Å². The summed E-state index contributed by atoms with van der Waals surface area (Å²) >= 11 is 0. The molecule has 0 N–H and O–H groups in total. The average Bonchev–Trinajstić information content (AvgIpc) is 3.36. The summed E-state index contributed by atoms with van der Waals surface area (Å²) in [7, 11) is -2.54. The number of nitrogens with zero attached hydrogens (tertiary/aromatic N) is 2. The summed E-state index contributed by atoms with van der Waals surface area (Å²) in [5, 5.41) is 17.7. The molecule has 0 aliphatic carbocycles. The monoisotopic (exact) mass is 1160 g/mol. The number of allylic oxidation sites excluding steroid dienone is 1. The van der Waals surface area contributed by atoms with Crippen molar-refractivity contribution < 1.29 is 110 Å². The fourth-order valence-electron chi connectivity index (χ4n) is 8.00. The van der Waals surface area contributed by atoms with Crippen molar-refractivity contribution in [2.24, 2.45) is 0 Å². The minimum absolute atomic E-state index is 0.0189. The summed E-state index contributed by atoms with van der Waals surface area (Å²) < 4.78 is 354. The van der Waals surface area contributed by atoms with E-state index in [-0.39, 0.29) is 11.3 Å². The average molecular weight is 1160 g/mol. The lowest BCUT2D eigenvalue weighted by molar-refractivity contribution is -0.144. The van der Waals surface area contributed by atoms with Crippen LogP contribution in [0.4, 0.5) is 105 Å². The zero-order chi connectivity index (χ0) is 59.0. The first-order valence-electron chi connectivity index (χ1n) is 20.9. The maximum Gasteiger partial charge on any atom is 0.416 e. The zero-order valence-electron chi connectivity index (χ0n) is 37.8. The van der Waals surface area contributed by atoms with Gasteiger partial charge < -0.3 is 0 Å². The van der Waals surface area contributed by atoms with Crippen molar-refractivity contribution in [2.45, 2.75) is 59.2 Å². The molecule has 0 amide bonds. The Hall–Kier alpha value is -7.43. The Bertz CT molecular complexity index is 2820. The van der Waals surface area contributed by atoms with Crippen molar-refractivity contribution in [1.29, 1.82) is 10.5 Å². The molecule has 0 atom stereocenters. The smallest absolute Gasteiger partial charge is 0.194 e. The fraction of sp³-hybridized carbons (Fsp3) is 0.184. The predicted molar refractivity (Wildman–Crippen MR) is 232 cm³/mol. The van der Waals surface area contributed by atoms with Crippen molar-refractivity contribution in [3.63, 3.8) is 0 Å². The highest BCUT2D eigenvalue weighted by molar-refractivity contribution is 8.03. The van der Waals surface area contributed by atoms with E-state index in [0.29, 0.717) is 9.79 Å². The van der Waals surface area contributed by atoms with E-state index in [2.05, 4.69) is 0 Å². The van der Waals surface area contributed by atoms with Gasteiger partial charge in [0.15, 0.2) is 19.7 Å². The number of rotatable bonds is 8. The second-order valence-electron chi connectivity index (χ2n) is 16.5. The molecule has 6 aromatic rings. The molecule has 29 heteroatoms. The Kier molecular flexibility index (Phi) is 16.9. The minimum atomic E-state index is -6.13. The molecule has 0 unspecified atom stereocenters. The lowest BCUT2D eigenvalue weighted by atomic mass is 9.12. The zero-order valence-corrected chi connectivity index (χ0v) is 38.7. The van der Waals surface area contributed by atoms with Gasteiger partial charge >= 0.3 is 49.4 Å². The maximum absolute atomic E-state index is 14.2. The largest absolute Gasteiger partial charge is 0.416 e. The van der Waals surface area contributed by atoms with E-state index in [1.807, 2.05) is 60.7 Å². The van der Waals surface area contributed by atoms with Crippen LogP contribution in [0.15, 0.2) is 155 Å². The number of nitriles is 2. The number of benzene rings is 6. The van der Waals surface area contributed by atoms with Gasteiger partial charge in [-0.25, -0.2) is 0 Å². The van der Waals surface area contributed by atoms with E-state index in [1.54, 1.807) is 12.1 Å². The molecule has 0 spiro atoms. The third-order valence-corrected chi connectivity index (χ3v) is 14.2. The van der Waals surface area contributed by atoms with Crippen LogP contribution in [0.1, 0.15) is 44.5 Å². The molecule has 3 nitrogen and oxygen atoms in total. The van der Waals surface area contributed by atoms with Gasteiger partial charge in [0, 0.05) is 0 Å². The third kappa shape index (κ3) is 13.8. The van der Waals surface area contributed by atoms with Gasteiger partial charge in [0.25, 0.3) is 0 Å². The van der Waals surface area contributed by atoms with E-state index >= 15 is 0 Å². The first-order chi connectivity index (χ1) is 35.5. The van der Waals surface area contributed by atoms with Crippen LogP contribution in [0.25, 0.3) is 0 Å². The van der Waals surface area contributed by atoms with Crippen LogP contribution < -0.4 is 21.9 Å². The molecule has 0 aliphatic heterocycles. The molecule has 0 fully saturated rings. The Morgan fingerprint density at radius 2 is 0.551 bits per heavy atom. The summed E-state index contributed by atoms with van der Waals surface area (Å²) in [6.45, 7) is 0. The predicted octanol–water partition coefficient (Wildman–Crippen LogP) is 14.8. The molecule has 414 valence electrons. The van der Waals surface area contributed by atoms with Crippen LogP contribution in [-0.2, 0) is 63.6 Å². The molecule has 78 heavy (non-hydrogen) atoms. The number of halogens is 24. The molecule has 0 bridgehead atoms. The van der Waals surface area contributed by atoms with Crippen LogP contribution >= 0.6 is 0 Å². The van der Waals surface area contributed by atoms with E-state index < -0.39 is 205 Å². The van der Waals surface area contributed by atoms with Gasteiger partial charge in [-0.05, 0) is 54.6 Å². The molecular formula is C49H25BF24N2OS. The van der Waals surface area contributed by atoms with Crippen LogP contribution in [0, 0.1) is 22.7 Å². The number of hydrogen-bond acceptors (Lipinski definition) is 3. The second-order valence-corrected chi connectivity index (χ2v) is 19.2. The molecule has 0 radical (unpaired) electrons. The number of alkyl halides is 24. The van der Waals surface area contributed by atoms with Gasteiger partial charge in [0.05, 0.1) is 44.5 Å². The van der Waals surface area contributed by atoms with E-state index in [9.17, 15) is 110 Å². The first-order valence-corrected chi connectivity index (χ1v) is 22.7. The Balaban J connectivity index is 0.000000443. The van der Waals surface area contributed by atoms with E-state index in [0.717, 1.165) is 0 Å². The van der Waals surface area contributed by atoms with Gasteiger partial charge in [-0.2, -0.15) is 138 Å². The highest BCUT2D eigenvalue weighted by Crippen LogP contribution is 2.42. The topological polar surface area (TPSA) is 64.7 Å². The van der Waals surface area contributed by atoms with Crippen LogP contribution in [-0.4, -0.2) is 11.9 Å². The van der Waals surface area contributed by atoms with Crippen molar-refractivity contribution in [3.05, 3.63) is 190 Å². The van der Waals surface area contributed by atoms with Crippen molar-refractivity contribution >= 4 is 37.9 Å². The van der Waals surface area contributed by atoms with Crippen molar-refractivity contribution in [1.82, 2.24) is 0 Å². The summed E-state index contributed by atoms with van der Waals surface area (Å²) in [4.78, 5) is 1.39. The maximum atomic E-state index is 14.2. The molecule has 6 rings (SSSR count). The SMILES string of the molecule is FC(F)(F)c1cc([B-](c2cc(C(F)(F)F)cc(C(F)(F)F)c2)(c2cc(C(F)(F)F)cc(C(F)(F)F)c2)c2cc(C(F)(F)F)cc(C(F)(F)F)c2)cc(C(F)(F)F)c1.N#CC(C#N)=CC[S+](=O)(c1ccccc1)c1ccccc1. The van der Waals surface area contributed by atoms with Crippen molar-refractivity contribution in [3.8, 4) is 12.1 Å². The molecule has 0 saturated heterocycles. The third-order valence-electron chi connectivity index (χ3n) is 11.5. The Morgan fingerprint density at radius 1 is 0.359 bits per heavy atom. The highest BCUT2D eigenvalue weighted by Gasteiger charge is 2.47.